The Balaban J connectivity index is 1.56. The number of nitrogens with zero attached hydrogens (tertiary/aromatic N) is 5. The number of para-hydroxylation sites is 2. The van der Waals surface area contributed by atoms with Gasteiger partial charge < -0.3 is 19.9 Å². The highest BCUT2D eigenvalue weighted by molar-refractivity contribution is 5.73. The summed E-state index contributed by atoms with van der Waals surface area (Å²) < 4.78 is 5.45. The topological polar surface area (TPSA) is 66.4 Å². The Kier molecular flexibility index (Phi) is 4.42. The van der Waals surface area contributed by atoms with Gasteiger partial charge in [-0.15, -0.1) is 5.10 Å². The molecule has 2 aromatic rings. The van der Waals surface area contributed by atoms with Crippen molar-refractivity contribution in [2.45, 2.75) is 12.8 Å². The average Bonchev–Trinajstić information content (AvgIpc) is 3.18. The average molecular weight is 326 g/mol. The van der Waals surface area contributed by atoms with E-state index < -0.39 is 0 Å². The number of nitrogens with one attached hydrogen (secondary N) is 1. The van der Waals surface area contributed by atoms with Gasteiger partial charge in [0.1, 0.15) is 0 Å². The highest BCUT2D eigenvalue weighted by Crippen LogP contribution is 2.28. The van der Waals surface area contributed by atoms with E-state index in [1.54, 1.807) is 6.20 Å². The third-order valence-corrected chi connectivity index (χ3v) is 4.48. The van der Waals surface area contributed by atoms with Crippen molar-refractivity contribution in [3.05, 3.63) is 30.5 Å². The number of rotatable bonds is 4. The molecule has 7 heteroatoms. The number of benzene rings is 1. The van der Waals surface area contributed by atoms with Crippen LogP contribution in [-0.4, -0.2) is 54.6 Å². The molecule has 24 heavy (non-hydrogen) atoms. The first-order valence-electron chi connectivity index (χ1n) is 8.53. The molecule has 0 aliphatic carbocycles. The van der Waals surface area contributed by atoms with E-state index in [4.69, 9.17) is 4.74 Å². The fourth-order valence-corrected chi connectivity index (χ4v) is 3.23. The quantitative estimate of drug-likeness (QED) is 0.922. The Bertz CT molecular complexity index is 682. The number of morpholine rings is 1. The lowest BCUT2D eigenvalue weighted by molar-refractivity contribution is 0.123. The van der Waals surface area contributed by atoms with Crippen molar-refractivity contribution in [2.24, 2.45) is 0 Å². The molecule has 0 saturated carbocycles. The third kappa shape index (κ3) is 3.26. The maximum Gasteiger partial charge on any atom is 0.249 e. The lowest BCUT2D eigenvalue weighted by atomic mass is 10.2. The summed E-state index contributed by atoms with van der Waals surface area (Å²) in [6, 6.07) is 8.24. The number of hydrogen-bond acceptors (Lipinski definition) is 7. The Morgan fingerprint density at radius 1 is 0.958 bits per heavy atom. The normalized spacial score (nSPS) is 18.0. The van der Waals surface area contributed by atoms with Crippen molar-refractivity contribution >= 4 is 23.1 Å². The van der Waals surface area contributed by atoms with Gasteiger partial charge in [-0.05, 0) is 25.0 Å². The van der Waals surface area contributed by atoms with Crippen molar-refractivity contribution in [1.82, 2.24) is 15.2 Å². The fraction of sp³-hybridized carbons (Fsp3) is 0.471. The van der Waals surface area contributed by atoms with Crippen molar-refractivity contribution in [3.8, 4) is 0 Å². The molecule has 0 amide bonds. The summed E-state index contributed by atoms with van der Waals surface area (Å²) in [6.45, 7) is 5.40. The van der Waals surface area contributed by atoms with Crippen LogP contribution >= 0.6 is 0 Å². The maximum absolute atomic E-state index is 5.45. The predicted molar refractivity (Wildman–Crippen MR) is 94.0 cm³/mol. The molecule has 3 heterocycles. The van der Waals surface area contributed by atoms with Crippen molar-refractivity contribution in [3.63, 3.8) is 0 Å². The molecule has 2 aliphatic heterocycles. The summed E-state index contributed by atoms with van der Waals surface area (Å²) in [5.41, 5.74) is 2.15. The summed E-state index contributed by atoms with van der Waals surface area (Å²) in [4.78, 5) is 9.21. The molecule has 0 bridgehead atoms. The van der Waals surface area contributed by atoms with Gasteiger partial charge in [0.25, 0.3) is 0 Å². The zero-order valence-electron chi connectivity index (χ0n) is 13.7. The van der Waals surface area contributed by atoms with Gasteiger partial charge in [0.05, 0.1) is 30.8 Å². The monoisotopic (exact) mass is 326 g/mol. The third-order valence-electron chi connectivity index (χ3n) is 4.48. The van der Waals surface area contributed by atoms with Gasteiger partial charge in [-0.25, -0.2) is 0 Å². The van der Waals surface area contributed by atoms with Crippen LogP contribution in [0.4, 0.5) is 23.1 Å². The largest absolute Gasteiger partial charge is 0.378 e. The van der Waals surface area contributed by atoms with Crippen LogP contribution in [0.15, 0.2) is 30.5 Å². The second-order valence-corrected chi connectivity index (χ2v) is 6.07. The Labute approximate surface area is 141 Å². The summed E-state index contributed by atoms with van der Waals surface area (Å²) in [5, 5.41) is 11.6. The second-order valence-electron chi connectivity index (χ2n) is 6.07. The summed E-state index contributed by atoms with van der Waals surface area (Å²) in [5.74, 6) is 1.44. The van der Waals surface area contributed by atoms with Gasteiger partial charge in [-0.2, -0.15) is 10.1 Å². The van der Waals surface area contributed by atoms with Crippen molar-refractivity contribution in [2.75, 3.05) is 54.5 Å². The molecule has 1 aromatic heterocycles. The van der Waals surface area contributed by atoms with E-state index in [-0.39, 0.29) is 0 Å². The molecular weight excluding hydrogens is 304 g/mol. The van der Waals surface area contributed by atoms with Crippen LogP contribution in [-0.2, 0) is 4.74 Å². The first-order chi connectivity index (χ1) is 11.9. The first kappa shape index (κ1) is 15.1. The van der Waals surface area contributed by atoms with Crippen LogP contribution < -0.4 is 15.1 Å². The van der Waals surface area contributed by atoms with Crippen LogP contribution in [0, 0.1) is 0 Å². The smallest absolute Gasteiger partial charge is 0.249 e. The molecular formula is C17H22N6O. The van der Waals surface area contributed by atoms with Crippen molar-refractivity contribution < 1.29 is 4.74 Å². The zero-order chi connectivity index (χ0) is 16.2. The van der Waals surface area contributed by atoms with E-state index in [2.05, 4.69) is 48.5 Å². The summed E-state index contributed by atoms with van der Waals surface area (Å²) >= 11 is 0. The van der Waals surface area contributed by atoms with Crippen LogP contribution in [0.1, 0.15) is 12.8 Å². The lowest BCUT2D eigenvalue weighted by Crippen LogP contribution is -2.36. The standard InChI is InChI=1S/C17H22N6O/c1-2-6-15(22-9-11-24-12-10-22)14(5-1)19-17-20-16(13-18-21-17)23-7-3-4-8-23/h1-2,5-6,13H,3-4,7-12H2,(H,19,20,21). The molecule has 0 radical (unpaired) electrons. The Morgan fingerprint density at radius 2 is 1.75 bits per heavy atom. The van der Waals surface area contributed by atoms with Crippen LogP contribution in [0.3, 0.4) is 0 Å². The van der Waals surface area contributed by atoms with Crippen LogP contribution in [0.2, 0.25) is 0 Å². The van der Waals surface area contributed by atoms with E-state index in [0.717, 1.165) is 56.6 Å². The first-order valence-corrected chi connectivity index (χ1v) is 8.53. The SMILES string of the molecule is c1ccc(N2CCOCC2)c(Nc2nncc(N3CCCC3)n2)c1. The highest BCUT2D eigenvalue weighted by Gasteiger charge is 2.17. The molecule has 0 atom stereocenters. The zero-order valence-corrected chi connectivity index (χ0v) is 13.7. The molecule has 4 rings (SSSR count). The van der Waals surface area contributed by atoms with Gasteiger partial charge in [0, 0.05) is 26.2 Å². The molecule has 2 aliphatic rings. The van der Waals surface area contributed by atoms with Gasteiger partial charge in [0.15, 0.2) is 5.82 Å². The molecule has 0 spiro atoms. The molecule has 7 nitrogen and oxygen atoms in total. The number of ether oxygens (including phenoxy) is 1. The Morgan fingerprint density at radius 3 is 2.58 bits per heavy atom. The summed E-state index contributed by atoms with van der Waals surface area (Å²) in [7, 11) is 0. The molecule has 126 valence electrons. The minimum absolute atomic E-state index is 0.542. The second kappa shape index (κ2) is 7.00. The molecule has 1 N–H and O–H groups in total. The molecule has 0 unspecified atom stereocenters. The molecule has 2 saturated heterocycles. The van der Waals surface area contributed by atoms with Crippen LogP contribution in [0.25, 0.3) is 0 Å². The maximum atomic E-state index is 5.45. The van der Waals surface area contributed by atoms with E-state index in [1.807, 2.05) is 6.07 Å². The predicted octanol–water partition coefficient (Wildman–Crippen LogP) is 2.05. The summed E-state index contributed by atoms with van der Waals surface area (Å²) in [6.07, 6.45) is 4.17. The number of aromatic nitrogens is 3. The fourth-order valence-electron chi connectivity index (χ4n) is 3.23. The van der Waals surface area contributed by atoms with E-state index in [9.17, 15) is 0 Å². The van der Waals surface area contributed by atoms with Gasteiger partial charge >= 0.3 is 0 Å². The number of anilines is 4. The van der Waals surface area contributed by atoms with Crippen LogP contribution in [0.5, 0.6) is 0 Å². The highest BCUT2D eigenvalue weighted by atomic mass is 16.5. The number of hydrogen-bond donors (Lipinski definition) is 1. The lowest BCUT2D eigenvalue weighted by Gasteiger charge is -2.30. The Hall–Kier alpha value is -2.41. The van der Waals surface area contributed by atoms with Gasteiger partial charge in [-0.3, -0.25) is 0 Å². The minimum atomic E-state index is 0.542. The van der Waals surface area contributed by atoms with E-state index in [1.165, 1.54) is 12.8 Å². The van der Waals surface area contributed by atoms with E-state index in [0.29, 0.717) is 5.95 Å². The molecule has 2 fully saturated rings. The minimum Gasteiger partial charge on any atom is -0.378 e. The van der Waals surface area contributed by atoms with E-state index >= 15 is 0 Å². The van der Waals surface area contributed by atoms with Gasteiger partial charge in [0.2, 0.25) is 5.95 Å². The van der Waals surface area contributed by atoms with Gasteiger partial charge in [-0.1, -0.05) is 12.1 Å². The molecule has 1 aromatic carbocycles. The van der Waals surface area contributed by atoms with Crippen molar-refractivity contribution in [1.29, 1.82) is 0 Å².